The largest absolute Gasteiger partial charge is 0.384 e. The molecule has 0 heterocycles. The summed E-state index contributed by atoms with van der Waals surface area (Å²) in [6, 6.07) is 3.14. The van der Waals surface area contributed by atoms with E-state index in [4.69, 9.17) is 18.5 Å². The van der Waals surface area contributed by atoms with Crippen LogP contribution in [0.4, 0.5) is 0 Å². The van der Waals surface area contributed by atoms with Crippen LogP contribution in [0.25, 0.3) is 5.57 Å². The summed E-state index contributed by atoms with van der Waals surface area (Å²) in [7, 11) is 0. The van der Waals surface area contributed by atoms with E-state index in [-0.39, 0.29) is 17.6 Å². The summed E-state index contributed by atoms with van der Waals surface area (Å²) in [5.41, 5.74) is 1.70. The highest BCUT2D eigenvalue weighted by Crippen LogP contribution is 2.39. The Hall–Kier alpha value is -1.57. The van der Waals surface area contributed by atoms with Crippen LogP contribution in [-0.2, 0) is 0 Å². The fourth-order valence-electron chi connectivity index (χ4n) is 1.96. The molecule has 1 nitrogen and oxygen atoms in total. The molecular formula is C15H11ClO. The van der Waals surface area contributed by atoms with Crippen molar-refractivity contribution in [2.75, 3.05) is 0 Å². The maximum atomic E-state index is 10.1. The second-order valence-electron chi connectivity index (χ2n) is 3.76. The van der Waals surface area contributed by atoms with Gasteiger partial charge in [-0.25, -0.2) is 0 Å². The van der Waals surface area contributed by atoms with E-state index in [9.17, 15) is 5.11 Å². The molecule has 0 saturated heterocycles. The Morgan fingerprint density at radius 3 is 2.71 bits per heavy atom. The Morgan fingerprint density at radius 1 is 1.18 bits per heavy atom. The lowest BCUT2D eigenvalue weighted by Gasteiger charge is -2.06. The number of halogens is 1. The lowest BCUT2D eigenvalue weighted by atomic mass is 9.99. The molecule has 0 saturated carbocycles. The van der Waals surface area contributed by atoms with Gasteiger partial charge >= 0.3 is 0 Å². The third kappa shape index (κ3) is 1.78. The number of benzene rings is 2. The van der Waals surface area contributed by atoms with Gasteiger partial charge < -0.3 is 5.11 Å². The molecule has 1 aliphatic carbocycles. The van der Waals surface area contributed by atoms with Crippen molar-refractivity contribution in [3.8, 4) is 0 Å². The van der Waals surface area contributed by atoms with Crippen LogP contribution >= 0.6 is 11.6 Å². The average molecular weight is 248 g/mol. The lowest BCUT2D eigenvalue weighted by Crippen LogP contribution is -1.90. The molecule has 0 fully saturated rings. The molecule has 0 aliphatic heterocycles. The second kappa shape index (κ2) is 4.02. The minimum absolute atomic E-state index is 0.0890. The van der Waals surface area contributed by atoms with Crippen LogP contribution < -0.4 is 0 Å². The molecule has 3 rings (SSSR count). The topological polar surface area (TPSA) is 20.2 Å². The summed E-state index contributed by atoms with van der Waals surface area (Å²) in [4.78, 5) is 0. The van der Waals surface area contributed by atoms with Crippen LogP contribution in [0.1, 0.15) is 29.6 Å². The normalized spacial score (nSPS) is 21.9. The van der Waals surface area contributed by atoms with Gasteiger partial charge in [0.15, 0.2) is 0 Å². The molecule has 1 atom stereocenters. The van der Waals surface area contributed by atoms with Crippen molar-refractivity contribution in [3.63, 3.8) is 0 Å². The highest BCUT2D eigenvalue weighted by atomic mass is 35.5. The van der Waals surface area contributed by atoms with Crippen molar-refractivity contribution in [2.24, 2.45) is 0 Å². The Bertz CT molecular complexity index is 802. The summed E-state index contributed by atoms with van der Waals surface area (Å²) in [5, 5.41) is 10.6. The third-order valence-corrected chi connectivity index (χ3v) is 2.95. The number of aliphatic hydroxyl groups excluding tert-OH is 1. The predicted octanol–water partition coefficient (Wildman–Crippen LogP) is 3.82. The van der Waals surface area contributed by atoms with Gasteiger partial charge in [0.25, 0.3) is 0 Å². The van der Waals surface area contributed by atoms with Crippen LogP contribution in [-0.4, -0.2) is 5.11 Å². The average Bonchev–Trinajstić information content (AvgIpc) is 2.80. The van der Waals surface area contributed by atoms with Crippen LogP contribution in [0.3, 0.4) is 0 Å². The Morgan fingerprint density at radius 2 is 1.94 bits per heavy atom. The summed E-state index contributed by atoms with van der Waals surface area (Å²) >= 11 is 5.92. The van der Waals surface area contributed by atoms with E-state index < -0.39 is 24.2 Å². The van der Waals surface area contributed by atoms with Crippen LogP contribution in [0, 0.1) is 0 Å². The van der Waals surface area contributed by atoms with E-state index in [2.05, 4.69) is 0 Å². The number of aliphatic hydroxyl groups is 1. The van der Waals surface area contributed by atoms with Gasteiger partial charge in [0, 0.05) is 5.02 Å². The highest BCUT2D eigenvalue weighted by molar-refractivity contribution is 6.30. The first-order valence-electron chi connectivity index (χ1n) is 7.60. The smallest absolute Gasteiger partial charge is 0.0987 e. The van der Waals surface area contributed by atoms with E-state index in [0.717, 1.165) is 0 Å². The van der Waals surface area contributed by atoms with Gasteiger partial charge in [-0.15, -0.1) is 0 Å². The second-order valence-corrected chi connectivity index (χ2v) is 4.19. The first-order chi connectivity index (χ1) is 10.3. The third-order valence-electron chi connectivity index (χ3n) is 2.72. The SMILES string of the molecule is [2H]c1c([2H])c([2H])c(C2=CC(O)c3cc(Cl)ccc32)c([2H])c1[2H]. The Kier molecular flexibility index (Phi) is 1.51. The summed E-state index contributed by atoms with van der Waals surface area (Å²) in [6.45, 7) is 0. The van der Waals surface area contributed by atoms with E-state index in [1.165, 1.54) is 6.08 Å². The quantitative estimate of drug-likeness (QED) is 0.812. The summed E-state index contributed by atoms with van der Waals surface area (Å²) in [6.07, 6.45) is 0.566. The fraction of sp³-hybridized carbons (Fsp3) is 0.0667. The van der Waals surface area contributed by atoms with Gasteiger partial charge in [0.1, 0.15) is 0 Å². The molecule has 1 N–H and O–H groups in total. The van der Waals surface area contributed by atoms with E-state index >= 15 is 0 Å². The molecule has 1 unspecified atom stereocenters. The number of hydrogen-bond acceptors (Lipinski definition) is 1. The fourth-order valence-corrected chi connectivity index (χ4v) is 2.14. The molecule has 17 heavy (non-hydrogen) atoms. The van der Waals surface area contributed by atoms with E-state index in [0.29, 0.717) is 21.7 Å². The van der Waals surface area contributed by atoms with Crippen LogP contribution in [0.2, 0.25) is 5.02 Å². The zero-order valence-electron chi connectivity index (χ0n) is 13.7. The molecule has 84 valence electrons. The van der Waals surface area contributed by atoms with Gasteiger partial charge in [-0.1, -0.05) is 47.9 Å². The van der Waals surface area contributed by atoms with Crippen molar-refractivity contribution in [1.29, 1.82) is 0 Å². The maximum Gasteiger partial charge on any atom is 0.0987 e. The Balaban J connectivity index is 2.30. The zero-order chi connectivity index (χ0) is 16.2. The van der Waals surface area contributed by atoms with Gasteiger partial charge in [-0.05, 0) is 40.5 Å². The monoisotopic (exact) mass is 247 g/mol. The zero-order valence-corrected chi connectivity index (χ0v) is 9.47. The van der Waals surface area contributed by atoms with Crippen molar-refractivity contribution in [1.82, 2.24) is 0 Å². The molecule has 2 aromatic carbocycles. The summed E-state index contributed by atoms with van der Waals surface area (Å²) < 4.78 is 39.2. The predicted molar refractivity (Wildman–Crippen MR) is 69.9 cm³/mol. The van der Waals surface area contributed by atoms with E-state index in [1.807, 2.05) is 0 Å². The molecule has 0 radical (unpaired) electrons. The Labute approximate surface area is 112 Å². The van der Waals surface area contributed by atoms with Gasteiger partial charge in [0.2, 0.25) is 0 Å². The highest BCUT2D eigenvalue weighted by Gasteiger charge is 2.22. The molecular weight excluding hydrogens is 232 g/mol. The number of hydrogen-bond donors (Lipinski definition) is 1. The molecule has 2 heteroatoms. The van der Waals surface area contributed by atoms with Gasteiger partial charge in [-0.3, -0.25) is 0 Å². The minimum atomic E-state index is -0.915. The minimum Gasteiger partial charge on any atom is -0.384 e. The van der Waals surface area contributed by atoms with Gasteiger partial charge in [-0.2, -0.15) is 0 Å². The summed E-state index contributed by atoms with van der Waals surface area (Å²) in [5.74, 6) is 0. The standard InChI is InChI=1S/C15H11ClO/c16-11-6-7-12-13(9-15(17)14(12)8-11)10-4-2-1-3-5-10/h1-9,15,17H/i1D,2D,3D,4D,5D. The molecule has 0 amide bonds. The molecule has 0 aromatic heterocycles. The lowest BCUT2D eigenvalue weighted by molar-refractivity contribution is 0.232. The molecule has 0 bridgehead atoms. The van der Waals surface area contributed by atoms with Gasteiger partial charge in [0.05, 0.1) is 13.0 Å². The molecule has 1 aliphatic rings. The van der Waals surface area contributed by atoms with Crippen LogP contribution in [0.15, 0.2) is 54.5 Å². The maximum absolute atomic E-state index is 10.1. The molecule has 2 aromatic rings. The molecule has 0 spiro atoms. The number of fused-ring (bicyclic) bond motifs is 1. The van der Waals surface area contributed by atoms with Crippen LogP contribution in [0.5, 0.6) is 0 Å². The first kappa shape index (κ1) is 6.39. The first-order valence-corrected chi connectivity index (χ1v) is 5.47. The van der Waals surface area contributed by atoms with Crippen molar-refractivity contribution in [3.05, 3.63) is 76.2 Å². The number of rotatable bonds is 1. The van der Waals surface area contributed by atoms with E-state index in [1.54, 1.807) is 18.2 Å². The van der Waals surface area contributed by atoms with Crippen molar-refractivity contribution in [2.45, 2.75) is 6.10 Å². The van der Waals surface area contributed by atoms with Crippen molar-refractivity contribution < 1.29 is 12.0 Å². The van der Waals surface area contributed by atoms with Crippen molar-refractivity contribution >= 4 is 17.2 Å².